The Morgan fingerprint density at radius 1 is 1.13 bits per heavy atom. The summed E-state index contributed by atoms with van der Waals surface area (Å²) in [5.74, 6) is 1.60. The third-order valence-electron chi connectivity index (χ3n) is 5.30. The molecule has 1 atom stereocenters. The van der Waals surface area contributed by atoms with Gasteiger partial charge in [0, 0.05) is 5.70 Å². The van der Waals surface area contributed by atoms with Crippen LogP contribution in [0.2, 0.25) is 0 Å². The minimum absolute atomic E-state index is 0.207. The molecule has 0 aliphatic carbocycles. The number of benzene rings is 1. The van der Waals surface area contributed by atoms with Crippen LogP contribution < -0.4 is 5.32 Å². The summed E-state index contributed by atoms with van der Waals surface area (Å²) in [6.07, 6.45) is 1.59. The number of aryl methyl sites for hydroxylation is 1. The predicted octanol–water partition coefficient (Wildman–Crippen LogP) is 5.40. The molecule has 31 heavy (non-hydrogen) atoms. The summed E-state index contributed by atoms with van der Waals surface area (Å²) in [7, 11) is 0. The lowest BCUT2D eigenvalue weighted by Gasteiger charge is -2.34. The summed E-state index contributed by atoms with van der Waals surface area (Å²) in [4.78, 5) is 20.2. The Bertz CT molecular complexity index is 1220. The van der Waals surface area contributed by atoms with E-state index in [4.69, 9.17) is 8.94 Å². The molecule has 1 unspecified atom stereocenters. The third kappa shape index (κ3) is 3.66. The molecule has 0 radical (unpaired) electrons. The average molecular weight is 433 g/mol. The lowest BCUT2D eigenvalue weighted by molar-refractivity contribution is 0.199. The van der Waals surface area contributed by atoms with Crippen molar-refractivity contribution in [3.05, 3.63) is 88.6 Å². The lowest BCUT2D eigenvalue weighted by atomic mass is 9.94. The quantitative estimate of drug-likeness (QED) is 0.457. The van der Waals surface area contributed by atoms with Gasteiger partial charge in [0.1, 0.15) is 5.76 Å². The van der Waals surface area contributed by atoms with Crippen molar-refractivity contribution >= 4 is 22.9 Å². The van der Waals surface area contributed by atoms with Gasteiger partial charge in [0.05, 0.1) is 29.3 Å². The molecule has 1 N–H and O–H groups in total. The van der Waals surface area contributed by atoms with Crippen LogP contribution in [-0.4, -0.2) is 21.1 Å². The van der Waals surface area contributed by atoms with Crippen LogP contribution in [0.3, 0.4) is 0 Å². The first-order valence-corrected chi connectivity index (χ1v) is 10.7. The standard InChI is InChI=1S/C23H20N4O3S/c1-14-7-9-16(10-8-14)20-19(22-25-21(26-30-22)18-6-4-12-31-18)15(2)27(23(28)24-20)13-17-5-3-11-29-17/h3-12,20H,13H2,1-2H3,(H,24,28). The van der Waals surface area contributed by atoms with E-state index in [0.29, 0.717) is 24.0 Å². The van der Waals surface area contributed by atoms with Crippen LogP contribution in [0.5, 0.6) is 0 Å². The maximum absolute atomic E-state index is 13.0. The van der Waals surface area contributed by atoms with Crippen LogP contribution in [-0.2, 0) is 6.54 Å². The van der Waals surface area contributed by atoms with E-state index in [0.717, 1.165) is 27.3 Å². The van der Waals surface area contributed by atoms with Gasteiger partial charge in [-0.15, -0.1) is 11.3 Å². The Hall–Kier alpha value is -3.65. The van der Waals surface area contributed by atoms with E-state index in [-0.39, 0.29) is 6.03 Å². The van der Waals surface area contributed by atoms with Crippen molar-refractivity contribution in [2.45, 2.75) is 26.4 Å². The molecule has 2 amide bonds. The molecule has 156 valence electrons. The lowest BCUT2D eigenvalue weighted by Crippen LogP contribution is -2.45. The molecule has 1 aliphatic rings. The molecular weight excluding hydrogens is 412 g/mol. The zero-order chi connectivity index (χ0) is 21.4. The number of nitrogens with one attached hydrogen (secondary N) is 1. The Balaban J connectivity index is 1.60. The molecule has 0 bridgehead atoms. The fraction of sp³-hybridized carbons (Fsp3) is 0.174. The minimum atomic E-state index is -0.405. The van der Waals surface area contributed by atoms with E-state index in [1.807, 2.05) is 61.7 Å². The van der Waals surface area contributed by atoms with E-state index in [1.54, 1.807) is 28.6 Å². The number of rotatable bonds is 5. The van der Waals surface area contributed by atoms with Gasteiger partial charge in [0.2, 0.25) is 5.82 Å². The smallest absolute Gasteiger partial charge is 0.322 e. The Morgan fingerprint density at radius 2 is 1.97 bits per heavy atom. The van der Waals surface area contributed by atoms with Gasteiger partial charge in [-0.25, -0.2) is 4.79 Å². The SMILES string of the molecule is CC1=C(c2nc(-c3cccs3)no2)C(c2ccc(C)cc2)NC(=O)N1Cc1ccco1. The summed E-state index contributed by atoms with van der Waals surface area (Å²) in [6.45, 7) is 4.23. The number of thiophene rings is 1. The second-order valence-electron chi connectivity index (χ2n) is 7.36. The molecule has 4 aromatic rings. The molecular formula is C23H20N4O3S. The Kier molecular flexibility index (Phi) is 4.91. The van der Waals surface area contributed by atoms with Gasteiger partial charge in [-0.2, -0.15) is 4.98 Å². The van der Waals surface area contributed by atoms with Gasteiger partial charge < -0.3 is 14.3 Å². The highest BCUT2D eigenvalue weighted by molar-refractivity contribution is 7.13. The van der Waals surface area contributed by atoms with Gasteiger partial charge in [-0.3, -0.25) is 4.90 Å². The number of nitrogens with zero attached hydrogens (tertiary/aromatic N) is 3. The molecule has 0 saturated carbocycles. The molecule has 0 saturated heterocycles. The van der Waals surface area contributed by atoms with Crippen molar-refractivity contribution in [1.29, 1.82) is 0 Å². The zero-order valence-corrected chi connectivity index (χ0v) is 17.8. The van der Waals surface area contributed by atoms with E-state index < -0.39 is 6.04 Å². The van der Waals surface area contributed by atoms with E-state index in [9.17, 15) is 4.79 Å². The number of allylic oxidation sites excluding steroid dienone is 1. The molecule has 7 nitrogen and oxygen atoms in total. The number of amides is 2. The highest BCUT2D eigenvalue weighted by Crippen LogP contribution is 2.38. The van der Waals surface area contributed by atoms with Gasteiger partial charge in [-0.05, 0) is 43.0 Å². The number of urea groups is 1. The summed E-state index contributed by atoms with van der Waals surface area (Å²) in [6, 6.07) is 15.0. The first-order chi connectivity index (χ1) is 15.1. The average Bonchev–Trinajstić information content (AvgIpc) is 3.54. The molecule has 4 heterocycles. The highest BCUT2D eigenvalue weighted by atomic mass is 32.1. The van der Waals surface area contributed by atoms with Crippen molar-refractivity contribution in [2.75, 3.05) is 0 Å². The van der Waals surface area contributed by atoms with Crippen LogP contribution in [0.25, 0.3) is 16.3 Å². The first-order valence-electron chi connectivity index (χ1n) is 9.86. The summed E-state index contributed by atoms with van der Waals surface area (Å²) in [5, 5.41) is 9.24. The Morgan fingerprint density at radius 3 is 2.68 bits per heavy atom. The van der Waals surface area contributed by atoms with Crippen LogP contribution in [0.15, 0.2) is 74.8 Å². The number of carbonyl (C=O) groups excluding carboxylic acids is 1. The largest absolute Gasteiger partial charge is 0.467 e. The second kappa shape index (κ2) is 7.88. The van der Waals surface area contributed by atoms with Crippen molar-refractivity contribution in [3.8, 4) is 10.7 Å². The molecule has 3 aromatic heterocycles. The molecule has 0 fully saturated rings. The topological polar surface area (TPSA) is 84.4 Å². The molecule has 5 rings (SSSR count). The second-order valence-corrected chi connectivity index (χ2v) is 8.31. The maximum atomic E-state index is 13.0. The van der Waals surface area contributed by atoms with Crippen LogP contribution in [0.1, 0.15) is 35.7 Å². The molecule has 1 aliphatic heterocycles. The van der Waals surface area contributed by atoms with Crippen LogP contribution in [0.4, 0.5) is 4.79 Å². The highest BCUT2D eigenvalue weighted by Gasteiger charge is 2.36. The Labute approximate surface area is 183 Å². The van der Waals surface area contributed by atoms with Gasteiger partial charge in [-0.1, -0.05) is 41.1 Å². The van der Waals surface area contributed by atoms with Crippen LogP contribution in [0, 0.1) is 6.92 Å². The summed E-state index contributed by atoms with van der Waals surface area (Å²) in [5.41, 5.74) is 3.60. The van der Waals surface area contributed by atoms with E-state index in [1.165, 1.54) is 0 Å². The van der Waals surface area contributed by atoms with E-state index in [2.05, 4.69) is 15.5 Å². The van der Waals surface area contributed by atoms with Gasteiger partial charge >= 0.3 is 6.03 Å². The third-order valence-corrected chi connectivity index (χ3v) is 6.16. The minimum Gasteiger partial charge on any atom is -0.467 e. The van der Waals surface area contributed by atoms with Crippen LogP contribution >= 0.6 is 11.3 Å². The molecule has 1 aromatic carbocycles. The van der Waals surface area contributed by atoms with Crippen molar-refractivity contribution in [2.24, 2.45) is 0 Å². The van der Waals surface area contributed by atoms with Crippen molar-refractivity contribution < 1.29 is 13.7 Å². The number of hydrogen-bond acceptors (Lipinski definition) is 6. The number of furan rings is 1. The first kappa shape index (κ1) is 19.3. The zero-order valence-electron chi connectivity index (χ0n) is 17.0. The van der Waals surface area contributed by atoms with Gasteiger partial charge in [0.25, 0.3) is 5.89 Å². The van der Waals surface area contributed by atoms with Gasteiger partial charge in [0.15, 0.2) is 0 Å². The number of carbonyl (C=O) groups is 1. The number of hydrogen-bond donors (Lipinski definition) is 1. The maximum Gasteiger partial charge on any atom is 0.322 e. The summed E-state index contributed by atoms with van der Waals surface area (Å²) < 4.78 is 11.1. The molecule has 8 heteroatoms. The van der Waals surface area contributed by atoms with Crippen molar-refractivity contribution in [1.82, 2.24) is 20.4 Å². The van der Waals surface area contributed by atoms with Crippen molar-refractivity contribution in [3.63, 3.8) is 0 Å². The molecule has 0 spiro atoms. The fourth-order valence-corrected chi connectivity index (χ4v) is 4.30. The monoisotopic (exact) mass is 432 g/mol. The predicted molar refractivity (Wildman–Crippen MR) is 117 cm³/mol. The normalized spacial score (nSPS) is 16.6. The number of aromatic nitrogens is 2. The summed E-state index contributed by atoms with van der Waals surface area (Å²) >= 11 is 1.55. The fourth-order valence-electron chi connectivity index (χ4n) is 3.65. The van der Waals surface area contributed by atoms with E-state index >= 15 is 0 Å².